The lowest BCUT2D eigenvalue weighted by atomic mass is 10.4. The number of H-pyrrole nitrogens is 1. The maximum atomic E-state index is 12.2. The van der Waals surface area contributed by atoms with Crippen molar-refractivity contribution in [3.63, 3.8) is 0 Å². The largest absolute Gasteiger partial charge is 0.281 e. The van der Waals surface area contributed by atoms with Crippen LogP contribution in [0.3, 0.4) is 0 Å². The maximum absolute atomic E-state index is 12.2. The van der Waals surface area contributed by atoms with E-state index in [9.17, 15) is 16.8 Å². The molecule has 0 aliphatic carbocycles. The van der Waals surface area contributed by atoms with E-state index in [1.54, 1.807) is 27.7 Å². The molecular weight excluding hydrogens is 316 g/mol. The quantitative estimate of drug-likeness (QED) is 0.725. The van der Waals surface area contributed by atoms with Crippen LogP contribution >= 0.6 is 0 Å². The van der Waals surface area contributed by atoms with Crippen LogP contribution in [0.1, 0.15) is 25.2 Å². The van der Waals surface area contributed by atoms with Gasteiger partial charge in [-0.15, -0.1) is 0 Å². The van der Waals surface area contributed by atoms with Crippen molar-refractivity contribution in [2.75, 3.05) is 19.3 Å². The molecule has 122 valence electrons. The van der Waals surface area contributed by atoms with Crippen LogP contribution in [0.2, 0.25) is 0 Å². The van der Waals surface area contributed by atoms with Crippen molar-refractivity contribution in [3.05, 3.63) is 11.4 Å². The minimum Gasteiger partial charge on any atom is -0.281 e. The molecule has 0 saturated carbocycles. The van der Waals surface area contributed by atoms with Crippen molar-refractivity contribution < 1.29 is 16.8 Å². The number of sulfonamides is 2. The van der Waals surface area contributed by atoms with Gasteiger partial charge < -0.3 is 0 Å². The fraction of sp³-hybridized carbons (Fsp3) is 0.727. The fourth-order valence-electron chi connectivity index (χ4n) is 2.11. The smallest absolute Gasteiger partial charge is 0.244 e. The number of hydrogen-bond donors (Lipinski definition) is 2. The van der Waals surface area contributed by atoms with E-state index in [2.05, 4.69) is 14.9 Å². The molecule has 8 nitrogen and oxygen atoms in total. The zero-order chi connectivity index (χ0) is 16.4. The van der Waals surface area contributed by atoms with Gasteiger partial charge in [-0.2, -0.15) is 9.40 Å². The van der Waals surface area contributed by atoms with Crippen molar-refractivity contribution in [1.29, 1.82) is 0 Å². The van der Waals surface area contributed by atoms with Gasteiger partial charge in [0, 0.05) is 19.1 Å². The van der Waals surface area contributed by atoms with Crippen LogP contribution in [-0.2, 0) is 20.0 Å². The predicted molar refractivity (Wildman–Crippen MR) is 79.9 cm³/mol. The summed E-state index contributed by atoms with van der Waals surface area (Å²) >= 11 is 0. The molecule has 0 unspecified atom stereocenters. The predicted octanol–water partition coefficient (Wildman–Crippen LogP) is -0.0252. The first-order valence-corrected chi connectivity index (χ1v) is 9.78. The Bertz CT molecular complexity index is 672. The second-order valence-corrected chi connectivity index (χ2v) is 8.77. The van der Waals surface area contributed by atoms with Crippen molar-refractivity contribution >= 4 is 20.0 Å². The van der Waals surface area contributed by atoms with E-state index < -0.39 is 20.0 Å². The Hall–Kier alpha value is -0.970. The van der Waals surface area contributed by atoms with Crippen molar-refractivity contribution in [3.8, 4) is 0 Å². The summed E-state index contributed by atoms with van der Waals surface area (Å²) in [5, 5.41) is 6.45. The van der Waals surface area contributed by atoms with Gasteiger partial charge in [0.1, 0.15) is 4.90 Å². The summed E-state index contributed by atoms with van der Waals surface area (Å²) in [5.74, 6) is 0. The molecule has 1 rings (SSSR count). The van der Waals surface area contributed by atoms with E-state index in [4.69, 9.17) is 0 Å². The summed E-state index contributed by atoms with van der Waals surface area (Å²) in [6.07, 6.45) is 1.10. The van der Waals surface area contributed by atoms with E-state index >= 15 is 0 Å². The Morgan fingerprint density at radius 1 is 1.24 bits per heavy atom. The van der Waals surface area contributed by atoms with Gasteiger partial charge in [-0.25, -0.2) is 21.6 Å². The zero-order valence-electron chi connectivity index (χ0n) is 12.8. The van der Waals surface area contributed by atoms with Crippen molar-refractivity contribution in [2.24, 2.45) is 0 Å². The first-order valence-electron chi connectivity index (χ1n) is 6.45. The molecule has 0 spiro atoms. The van der Waals surface area contributed by atoms with E-state index in [0.717, 1.165) is 6.26 Å². The lowest BCUT2D eigenvalue weighted by Crippen LogP contribution is -2.41. The number of hydrogen-bond acceptors (Lipinski definition) is 5. The van der Waals surface area contributed by atoms with Crippen LogP contribution in [0.15, 0.2) is 4.90 Å². The highest BCUT2D eigenvalue weighted by atomic mass is 32.2. The van der Waals surface area contributed by atoms with Crippen LogP contribution in [0, 0.1) is 13.8 Å². The minimum atomic E-state index is -3.71. The van der Waals surface area contributed by atoms with E-state index in [1.165, 1.54) is 4.31 Å². The van der Waals surface area contributed by atoms with Gasteiger partial charge in [0.2, 0.25) is 20.0 Å². The Kier molecular flexibility index (Phi) is 5.53. The van der Waals surface area contributed by atoms with Crippen LogP contribution < -0.4 is 4.72 Å². The average molecular weight is 338 g/mol. The zero-order valence-corrected chi connectivity index (χ0v) is 14.5. The highest BCUT2D eigenvalue weighted by molar-refractivity contribution is 7.89. The average Bonchev–Trinajstić information content (AvgIpc) is 2.62. The van der Waals surface area contributed by atoms with E-state index in [0.29, 0.717) is 11.4 Å². The van der Waals surface area contributed by atoms with Crippen LogP contribution in [0.25, 0.3) is 0 Å². The standard InChI is InChI=1S/C11H22N4O4S2/c1-8(2)15(20(5,16)17)7-6-12-21(18,19)11-9(3)13-14-10(11)4/h8,12H,6-7H2,1-5H3,(H,13,14). The molecule has 0 aliphatic heterocycles. The van der Waals surface area contributed by atoms with Crippen LogP contribution in [0.5, 0.6) is 0 Å². The van der Waals surface area contributed by atoms with Crippen LogP contribution in [0.4, 0.5) is 0 Å². The molecule has 2 N–H and O–H groups in total. The topological polar surface area (TPSA) is 112 Å². The number of nitrogens with one attached hydrogen (secondary N) is 2. The third kappa shape index (κ3) is 4.50. The molecule has 0 aliphatic rings. The summed E-state index contributed by atoms with van der Waals surface area (Å²) < 4.78 is 51.2. The molecular formula is C11H22N4O4S2. The first kappa shape index (κ1) is 18.1. The summed E-state index contributed by atoms with van der Waals surface area (Å²) in [6.45, 7) is 6.75. The lowest BCUT2D eigenvalue weighted by molar-refractivity contribution is 0.360. The summed E-state index contributed by atoms with van der Waals surface area (Å²) in [4.78, 5) is 0.109. The Morgan fingerprint density at radius 2 is 1.81 bits per heavy atom. The Labute approximate surface area is 126 Å². The van der Waals surface area contributed by atoms with Gasteiger partial charge in [-0.3, -0.25) is 5.10 Å². The van der Waals surface area contributed by atoms with Crippen LogP contribution in [-0.4, -0.2) is 56.7 Å². The number of nitrogens with zero attached hydrogens (tertiary/aromatic N) is 2. The molecule has 21 heavy (non-hydrogen) atoms. The number of aromatic nitrogens is 2. The Morgan fingerprint density at radius 3 is 2.19 bits per heavy atom. The van der Waals surface area contributed by atoms with E-state index in [-0.39, 0.29) is 24.0 Å². The molecule has 0 radical (unpaired) electrons. The normalized spacial score (nSPS) is 13.3. The summed E-state index contributed by atoms with van der Waals surface area (Å²) in [7, 11) is -7.08. The lowest BCUT2D eigenvalue weighted by Gasteiger charge is -2.23. The molecule has 0 bridgehead atoms. The molecule has 0 amide bonds. The van der Waals surface area contributed by atoms with Gasteiger partial charge in [0.25, 0.3) is 0 Å². The highest BCUT2D eigenvalue weighted by Crippen LogP contribution is 2.16. The molecule has 1 aromatic rings. The second-order valence-electron chi connectivity index (χ2n) is 5.13. The van der Waals surface area contributed by atoms with Gasteiger partial charge in [0.15, 0.2) is 0 Å². The third-order valence-electron chi connectivity index (χ3n) is 2.96. The van der Waals surface area contributed by atoms with Crippen molar-refractivity contribution in [1.82, 2.24) is 19.2 Å². The second kappa shape index (κ2) is 6.42. The van der Waals surface area contributed by atoms with Crippen molar-refractivity contribution in [2.45, 2.75) is 38.6 Å². The number of aromatic amines is 1. The molecule has 10 heteroatoms. The number of aryl methyl sites for hydroxylation is 2. The monoisotopic (exact) mass is 338 g/mol. The van der Waals surface area contributed by atoms with Gasteiger partial charge >= 0.3 is 0 Å². The SMILES string of the molecule is Cc1n[nH]c(C)c1S(=O)(=O)NCCN(C(C)C)S(C)(=O)=O. The summed E-state index contributed by atoms with van der Waals surface area (Å²) in [6, 6.07) is -0.234. The van der Waals surface area contributed by atoms with Gasteiger partial charge in [0.05, 0.1) is 17.6 Å². The molecule has 1 aromatic heterocycles. The summed E-state index contributed by atoms with van der Waals surface area (Å²) in [5.41, 5.74) is 0.827. The highest BCUT2D eigenvalue weighted by Gasteiger charge is 2.24. The molecule has 0 atom stereocenters. The fourth-order valence-corrected chi connectivity index (χ4v) is 4.68. The molecule has 0 fully saturated rings. The minimum absolute atomic E-state index is 0.00234. The van der Waals surface area contributed by atoms with E-state index in [1.807, 2.05) is 0 Å². The molecule has 0 aromatic carbocycles. The van der Waals surface area contributed by atoms with Gasteiger partial charge in [-0.1, -0.05) is 0 Å². The number of rotatable bonds is 7. The maximum Gasteiger partial charge on any atom is 0.244 e. The third-order valence-corrected chi connectivity index (χ3v) is 6.13. The van der Waals surface area contributed by atoms with Gasteiger partial charge in [-0.05, 0) is 27.7 Å². The first-order chi connectivity index (χ1) is 9.47. The Balaban J connectivity index is 2.80. The molecule has 0 saturated heterocycles. The molecule has 1 heterocycles.